The van der Waals surface area contributed by atoms with Crippen molar-refractivity contribution in [1.82, 2.24) is 4.90 Å². The molecule has 1 aliphatic carbocycles. The molecule has 1 heterocycles. The smallest absolute Gasteiger partial charge is 0.378 e. The summed E-state index contributed by atoms with van der Waals surface area (Å²) in [6.45, 7) is 1.80. The molecular formula is C26H27F3N2O2. The molecule has 0 unspecified atom stereocenters. The summed E-state index contributed by atoms with van der Waals surface area (Å²) in [6.07, 6.45) is 0.124. The number of anilines is 1. The average Bonchev–Trinajstić information content (AvgIpc) is 2.83. The van der Waals surface area contributed by atoms with Gasteiger partial charge in [-0.2, -0.15) is 13.2 Å². The standard InChI is InChI=1S/C26H27F3N2O2/c27-26(28,29)22-5-4-6-23(19-22)30-15-17-31(18-16-30)24(32)21-9-7-20(8-10-21)11-14-25(33)12-2-1-3-13-25/h4-10,19,33H,1-3,12-13,15-18H2. The summed E-state index contributed by atoms with van der Waals surface area (Å²) >= 11 is 0. The van der Waals surface area contributed by atoms with Gasteiger partial charge < -0.3 is 14.9 Å². The molecule has 0 atom stereocenters. The Labute approximate surface area is 192 Å². The van der Waals surface area contributed by atoms with Gasteiger partial charge >= 0.3 is 6.18 Å². The molecule has 1 saturated heterocycles. The van der Waals surface area contributed by atoms with Gasteiger partial charge in [0.1, 0.15) is 5.60 Å². The molecule has 1 aliphatic heterocycles. The molecule has 2 fully saturated rings. The zero-order valence-electron chi connectivity index (χ0n) is 18.4. The molecule has 174 valence electrons. The van der Waals surface area contributed by atoms with E-state index in [2.05, 4.69) is 11.8 Å². The van der Waals surface area contributed by atoms with E-state index >= 15 is 0 Å². The van der Waals surface area contributed by atoms with Crippen LogP contribution in [-0.2, 0) is 6.18 Å². The van der Waals surface area contributed by atoms with Crippen molar-refractivity contribution in [2.45, 2.75) is 43.9 Å². The number of alkyl halides is 3. The lowest BCUT2D eigenvalue weighted by Gasteiger charge is -2.36. The molecule has 0 radical (unpaired) electrons. The van der Waals surface area contributed by atoms with E-state index < -0.39 is 17.3 Å². The fraction of sp³-hybridized carbons (Fsp3) is 0.423. The van der Waals surface area contributed by atoms with Gasteiger partial charge in [-0.3, -0.25) is 4.79 Å². The van der Waals surface area contributed by atoms with E-state index in [4.69, 9.17) is 0 Å². The third-order valence-corrected chi connectivity index (χ3v) is 6.36. The van der Waals surface area contributed by atoms with E-state index in [1.54, 1.807) is 35.2 Å². The van der Waals surface area contributed by atoms with Crippen LogP contribution in [0, 0.1) is 11.8 Å². The Bertz CT molecular complexity index is 1040. The Kier molecular flexibility index (Phi) is 6.66. The Hall–Kier alpha value is -2.98. The van der Waals surface area contributed by atoms with Crippen LogP contribution in [0.25, 0.3) is 0 Å². The van der Waals surface area contributed by atoms with Crippen molar-refractivity contribution in [1.29, 1.82) is 0 Å². The van der Waals surface area contributed by atoms with Crippen LogP contribution in [0.3, 0.4) is 0 Å². The Morgan fingerprint density at radius 1 is 0.939 bits per heavy atom. The van der Waals surface area contributed by atoms with Crippen molar-refractivity contribution >= 4 is 11.6 Å². The molecule has 2 aromatic carbocycles. The van der Waals surface area contributed by atoms with Crippen LogP contribution in [0.5, 0.6) is 0 Å². The van der Waals surface area contributed by atoms with Gasteiger partial charge in [-0.05, 0) is 68.1 Å². The Morgan fingerprint density at radius 3 is 2.24 bits per heavy atom. The Morgan fingerprint density at radius 2 is 1.61 bits per heavy atom. The summed E-state index contributed by atoms with van der Waals surface area (Å²) in [5.41, 5.74) is 0.229. The quantitative estimate of drug-likeness (QED) is 0.666. The van der Waals surface area contributed by atoms with Crippen molar-refractivity contribution in [2.24, 2.45) is 0 Å². The predicted molar refractivity (Wildman–Crippen MR) is 121 cm³/mol. The molecule has 4 rings (SSSR count). The first kappa shape index (κ1) is 23.2. The van der Waals surface area contributed by atoms with Gasteiger partial charge in [-0.1, -0.05) is 24.3 Å². The summed E-state index contributed by atoms with van der Waals surface area (Å²) in [5.74, 6) is 5.91. The zero-order valence-corrected chi connectivity index (χ0v) is 18.4. The van der Waals surface area contributed by atoms with Crippen molar-refractivity contribution < 1.29 is 23.1 Å². The van der Waals surface area contributed by atoms with E-state index in [-0.39, 0.29) is 5.91 Å². The van der Waals surface area contributed by atoms with Gasteiger partial charge in [0, 0.05) is 43.0 Å². The summed E-state index contributed by atoms with van der Waals surface area (Å²) in [4.78, 5) is 16.5. The minimum absolute atomic E-state index is 0.107. The number of aliphatic hydroxyl groups is 1. The number of carbonyl (C=O) groups is 1. The van der Waals surface area contributed by atoms with E-state index in [1.807, 2.05) is 4.90 Å². The molecule has 1 saturated carbocycles. The monoisotopic (exact) mass is 456 g/mol. The highest BCUT2D eigenvalue weighted by Crippen LogP contribution is 2.32. The molecule has 0 spiro atoms. The number of carbonyl (C=O) groups excluding carboxylic acids is 1. The lowest BCUT2D eigenvalue weighted by atomic mass is 9.85. The second-order valence-electron chi connectivity index (χ2n) is 8.75. The van der Waals surface area contributed by atoms with E-state index in [0.717, 1.165) is 37.0 Å². The van der Waals surface area contributed by atoms with Gasteiger partial charge in [0.05, 0.1) is 5.56 Å². The highest BCUT2D eigenvalue weighted by Gasteiger charge is 2.31. The lowest BCUT2D eigenvalue weighted by Crippen LogP contribution is -2.48. The van der Waals surface area contributed by atoms with Crippen molar-refractivity contribution in [2.75, 3.05) is 31.1 Å². The van der Waals surface area contributed by atoms with Crippen LogP contribution < -0.4 is 4.90 Å². The molecule has 2 aliphatic rings. The highest BCUT2D eigenvalue weighted by atomic mass is 19.4. The molecule has 1 amide bonds. The molecule has 2 aromatic rings. The number of hydrogen-bond donors (Lipinski definition) is 1. The number of hydrogen-bond acceptors (Lipinski definition) is 3. The fourth-order valence-corrected chi connectivity index (χ4v) is 4.38. The lowest BCUT2D eigenvalue weighted by molar-refractivity contribution is -0.137. The molecule has 0 aromatic heterocycles. The number of rotatable bonds is 2. The van der Waals surface area contributed by atoms with Crippen LogP contribution in [0.1, 0.15) is 53.6 Å². The van der Waals surface area contributed by atoms with Crippen molar-refractivity contribution in [3.8, 4) is 11.8 Å². The first-order valence-electron chi connectivity index (χ1n) is 11.3. The molecule has 0 bridgehead atoms. The topological polar surface area (TPSA) is 43.8 Å². The minimum atomic E-state index is -4.38. The largest absolute Gasteiger partial charge is 0.416 e. The summed E-state index contributed by atoms with van der Waals surface area (Å²) < 4.78 is 39.0. The van der Waals surface area contributed by atoms with E-state index in [0.29, 0.717) is 50.3 Å². The SMILES string of the molecule is O=C(c1ccc(C#CC2(O)CCCCC2)cc1)N1CCN(c2cccc(C(F)(F)F)c2)CC1. The third-order valence-electron chi connectivity index (χ3n) is 6.36. The number of halogens is 3. The van der Waals surface area contributed by atoms with Gasteiger partial charge in [0.15, 0.2) is 0 Å². The molecule has 1 N–H and O–H groups in total. The summed E-state index contributed by atoms with van der Waals surface area (Å²) in [5, 5.41) is 10.5. The van der Waals surface area contributed by atoms with Gasteiger partial charge in [-0.25, -0.2) is 0 Å². The molecule has 4 nitrogen and oxygen atoms in total. The molecule has 7 heteroatoms. The van der Waals surface area contributed by atoms with Crippen LogP contribution >= 0.6 is 0 Å². The highest BCUT2D eigenvalue weighted by molar-refractivity contribution is 5.94. The molecular weight excluding hydrogens is 429 g/mol. The maximum atomic E-state index is 13.0. The van der Waals surface area contributed by atoms with Crippen LogP contribution in [0.15, 0.2) is 48.5 Å². The van der Waals surface area contributed by atoms with Gasteiger partial charge in [-0.15, -0.1) is 0 Å². The number of amides is 1. The predicted octanol–water partition coefficient (Wildman–Crippen LogP) is 4.71. The van der Waals surface area contributed by atoms with Crippen LogP contribution in [0.4, 0.5) is 18.9 Å². The first-order valence-corrected chi connectivity index (χ1v) is 11.3. The van der Waals surface area contributed by atoms with E-state index in [9.17, 15) is 23.1 Å². The van der Waals surface area contributed by atoms with Gasteiger partial charge in [0.25, 0.3) is 5.91 Å². The summed E-state index contributed by atoms with van der Waals surface area (Å²) in [7, 11) is 0. The zero-order chi connectivity index (χ0) is 23.5. The van der Waals surface area contributed by atoms with Gasteiger partial charge in [0.2, 0.25) is 0 Å². The second-order valence-corrected chi connectivity index (χ2v) is 8.75. The van der Waals surface area contributed by atoms with Crippen LogP contribution in [-0.4, -0.2) is 47.7 Å². The van der Waals surface area contributed by atoms with Crippen LogP contribution in [0.2, 0.25) is 0 Å². The maximum Gasteiger partial charge on any atom is 0.416 e. The number of benzene rings is 2. The number of nitrogens with zero attached hydrogens (tertiary/aromatic N) is 2. The summed E-state index contributed by atoms with van der Waals surface area (Å²) in [6, 6.07) is 12.3. The third kappa shape index (κ3) is 5.69. The minimum Gasteiger partial charge on any atom is -0.378 e. The van der Waals surface area contributed by atoms with Crippen molar-refractivity contribution in [3.63, 3.8) is 0 Å². The average molecular weight is 457 g/mol. The normalized spacial score (nSPS) is 18.4. The number of piperazine rings is 1. The van der Waals surface area contributed by atoms with Crippen molar-refractivity contribution in [3.05, 3.63) is 65.2 Å². The second kappa shape index (κ2) is 9.48. The first-order chi connectivity index (χ1) is 15.7. The maximum absolute atomic E-state index is 13.0. The fourth-order valence-electron chi connectivity index (χ4n) is 4.38. The van der Waals surface area contributed by atoms with E-state index in [1.165, 1.54) is 6.07 Å². The molecule has 33 heavy (non-hydrogen) atoms. The Balaban J connectivity index is 1.35.